The van der Waals surface area contributed by atoms with Crippen LogP contribution in [0.1, 0.15) is 28.8 Å². The average Bonchev–Trinajstić information content (AvgIpc) is 3.06. The number of carbonyl (C=O) groups excluding carboxylic acids is 2. The van der Waals surface area contributed by atoms with Crippen LogP contribution in [0.25, 0.3) is 17.0 Å². The molecule has 0 fully saturated rings. The Labute approximate surface area is 274 Å². The van der Waals surface area contributed by atoms with E-state index in [4.69, 9.17) is 16.3 Å². The van der Waals surface area contributed by atoms with Gasteiger partial charge in [-0.1, -0.05) is 96.5 Å². The molecule has 0 bridgehead atoms. The van der Waals surface area contributed by atoms with Gasteiger partial charge in [-0.2, -0.15) is 0 Å². The van der Waals surface area contributed by atoms with E-state index in [0.717, 1.165) is 41.5 Å². The number of benzene rings is 4. The fraction of sp³-hybridized carbons (Fsp3) is 0.139. The summed E-state index contributed by atoms with van der Waals surface area (Å²) in [7, 11) is 0. The van der Waals surface area contributed by atoms with E-state index in [0.29, 0.717) is 22.9 Å². The molecule has 6 nitrogen and oxygen atoms in total. The number of rotatable bonds is 12. The molecule has 0 saturated carbocycles. The van der Waals surface area contributed by atoms with Crippen LogP contribution in [0.4, 0.5) is 5.69 Å². The summed E-state index contributed by atoms with van der Waals surface area (Å²) in [5.41, 5.74) is 3.39. The van der Waals surface area contributed by atoms with E-state index in [1.807, 2.05) is 91.0 Å². The maximum atomic E-state index is 12.2. The first-order chi connectivity index (χ1) is 21.1. The zero-order valence-electron chi connectivity index (χ0n) is 24.1. The molecule has 0 unspecified atom stereocenters. The van der Waals surface area contributed by atoms with Crippen LogP contribution < -0.4 is 15.4 Å². The number of nitrogens with zero attached hydrogens (tertiary/aromatic N) is 1. The third-order valence-electron chi connectivity index (χ3n) is 6.35. The first kappa shape index (κ1) is 34.1. The molecule has 226 valence electrons. The third-order valence-corrected chi connectivity index (χ3v) is 6.58. The largest absolute Gasteiger partial charge is 0.484 e. The Hall–Kier alpha value is -4.42. The number of ether oxygens (including phenoxy) is 1. The molecule has 5 aromatic rings. The van der Waals surface area contributed by atoms with Gasteiger partial charge < -0.3 is 15.4 Å². The van der Waals surface area contributed by atoms with E-state index in [2.05, 4.69) is 15.6 Å². The zero-order valence-corrected chi connectivity index (χ0v) is 26.0. The van der Waals surface area contributed by atoms with Crippen molar-refractivity contribution >= 4 is 46.0 Å². The molecule has 0 aliphatic rings. The first-order valence-corrected chi connectivity index (χ1v) is 14.5. The normalized spacial score (nSPS) is 10.3. The molecule has 2 N–H and O–H groups in total. The zero-order chi connectivity index (χ0) is 30.1. The summed E-state index contributed by atoms with van der Waals surface area (Å²) in [4.78, 5) is 28.6. The molecule has 0 aliphatic heterocycles. The van der Waals surface area contributed by atoms with Crippen LogP contribution in [0.15, 0.2) is 128 Å². The number of ketones is 1. The number of pyridine rings is 1. The number of amides is 1. The van der Waals surface area contributed by atoms with Crippen molar-refractivity contribution in [1.29, 1.82) is 0 Å². The van der Waals surface area contributed by atoms with Crippen LogP contribution in [0.5, 0.6) is 5.75 Å². The minimum atomic E-state index is -0.164. The van der Waals surface area contributed by atoms with Gasteiger partial charge in [-0.05, 0) is 60.9 Å². The van der Waals surface area contributed by atoms with Crippen LogP contribution in [-0.2, 0) is 21.9 Å². The van der Waals surface area contributed by atoms with Gasteiger partial charge in [0.1, 0.15) is 5.75 Å². The molecular formula is C36H34ClFeN3O3. The van der Waals surface area contributed by atoms with Gasteiger partial charge in [0.2, 0.25) is 0 Å². The predicted molar refractivity (Wildman–Crippen MR) is 176 cm³/mol. The Balaban J connectivity index is 0.000000675. The molecule has 0 radical (unpaired) electrons. The minimum absolute atomic E-state index is 0. The van der Waals surface area contributed by atoms with Gasteiger partial charge in [0, 0.05) is 58.0 Å². The number of nitrogens with one attached hydrogen (secondary N) is 2. The Morgan fingerprint density at radius 2 is 1.45 bits per heavy atom. The maximum absolute atomic E-state index is 12.2. The number of halogens is 1. The molecular weight excluding hydrogens is 614 g/mol. The number of carbonyl (C=O) groups is 2. The summed E-state index contributed by atoms with van der Waals surface area (Å²) in [5.74, 6) is 0.378. The molecule has 8 heteroatoms. The summed E-state index contributed by atoms with van der Waals surface area (Å²) < 4.78 is 5.57. The number of hydrogen-bond acceptors (Lipinski definition) is 5. The van der Waals surface area contributed by atoms with Gasteiger partial charge in [-0.15, -0.1) is 0 Å². The van der Waals surface area contributed by atoms with E-state index in [9.17, 15) is 9.59 Å². The minimum Gasteiger partial charge on any atom is -0.484 e. The molecule has 0 aliphatic carbocycles. The number of allylic oxidation sites excluding steroid dienone is 1. The number of hydrogen-bond donors (Lipinski definition) is 2. The van der Waals surface area contributed by atoms with E-state index in [-0.39, 0.29) is 35.4 Å². The van der Waals surface area contributed by atoms with Crippen molar-refractivity contribution in [2.75, 3.05) is 25.0 Å². The fourth-order valence-corrected chi connectivity index (χ4v) is 4.27. The second-order valence-corrected chi connectivity index (χ2v) is 10.0. The summed E-state index contributed by atoms with van der Waals surface area (Å²) >= 11 is 6.04. The van der Waals surface area contributed by atoms with Gasteiger partial charge >= 0.3 is 0 Å². The van der Waals surface area contributed by atoms with E-state index in [1.54, 1.807) is 42.6 Å². The van der Waals surface area contributed by atoms with Crippen LogP contribution in [0.2, 0.25) is 5.02 Å². The molecule has 0 saturated heterocycles. The summed E-state index contributed by atoms with van der Waals surface area (Å²) in [6.45, 7) is 1.31. The SMILES string of the molecule is O=C(COc1ccc(/C=C/C(=O)c2ccccc2)cc1)NCCCCNc1ccnc2cc(Cl)ccc12.[Fe].c1ccccc1. The van der Waals surface area contributed by atoms with Crippen LogP contribution in [0.3, 0.4) is 0 Å². The summed E-state index contributed by atoms with van der Waals surface area (Å²) in [6, 6.07) is 36.0. The summed E-state index contributed by atoms with van der Waals surface area (Å²) in [6.07, 6.45) is 6.81. The maximum Gasteiger partial charge on any atom is 0.257 e. The molecule has 1 amide bonds. The molecule has 1 aromatic heterocycles. The van der Waals surface area contributed by atoms with Crippen LogP contribution in [0, 0.1) is 0 Å². The predicted octanol–water partition coefficient (Wildman–Crippen LogP) is 7.86. The second kappa shape index (κ2) is 19.0. The van der Waals surface area contributed by atoms with Gasteiger partial charge in [0.15, 0.2) is 12.4 Å². The number of unbranched alkanes of at least 4 members (excludes halogenated alkanes) is 1. The fourth-order valence-electron chi connectivity index (χ4n) is 4.11. The molecule has 4 aromatic carbocycles. The smallest absolute Gasteiger partial charge is 0.257 e. The summed E-state index contributed by atoms with van der Waals surface area (Å²) in [5, 5.41) is 8.00. The second-order valence-electron chi connectivity index (χ2n) is 9.58. The van der Waals surface area contributed by atoms with Crippen molar-refractivity contribution < 1.29 is 31.4 Å². The Morgan fingerprint density at radius 3 is 2.16 bits per heavy atom. The van der Waals surface area contributed by atoms with Crippen molar-refractivity contribution in [3.63, 3.8) is 0 Å². The van der Waals surface area contributed by atoms with Crippen molar-refractivity contribution in [3.05, 3.63) is 144 Å². The molecule has 44 heavy (non-hydrogen) atoms. The Kier molecular flexibility index (Phi) is 14.7. The van der Waals surface area contributed by atoms with E-state index >= 15 is 0 Å². The Morgan fingerprint density at radius 1 is 0.795 bits per heavy atom. The quantitative estimate of drug-likeness (QED) is 0.0624. The van der Waals surface area contributed by atoms with E-state index in [1.165, 1.54) is 0 Å². The van der Waals surface area contributed by atoms with Crippen LogP contribution >= 0.6 is 11.6 Å². The number of aromatic nitrogens is 1. The van der Waals surface area contributed by atoms with Crippen molar-refractivity contribution in [2.45, 2.75) is 12.8 Å². The Bertz CT molecular complexity index is 1590. The van der Waals surface area contributed by atoms with Crippen molar-refractivity contribution in [2.24, 2.45) is 0 Å². The van der Waals surface area contributed by atoms with Gasteiger partial charge in [-0.3, -0.25) is 14.6 Å². The first-order valence-electron chi connectivity index (χ1n) is 14.1. The van der Waals surface area contributed by atoms with Gasteiger partial charge in [-0.25, -0.2) is 0 Å². The standard InChI is InChI=1S/C30H28ClN3O3.C6H6.Fe/c31-24-11-14-26-27(16-19-33-28(26)20-24)32-17-4-5-18-34-30(36)21-37-25-12-8-22(9-13-25)10-15-29(35)23-6-2-1-3-7-23;1-2-4-6-5-3-1;/h1-3,6-16,19-20H,4-5,17-18,21H2,(H,32,33)(H,34,36);1-6H;/b15-10+;;. The average molecular weight is 648 g/mol. The molecule has 0 atom stereocenters. The van der Waals surface area contributed by atoms with Crippen LogP contribution in [-0.4, -0.2) is 36.4 Å². The number of fused-ring (bicyclic) bond motifs is 1. The van der Waals surface area contributed by atoms with Crippen molar-refractivity contribution in [3.8, 4) is 5.75 Å². The van der Waals surface area contributed by atoms with E-state index < -0.39 is 0 Å². The monoisotopic (exact) mass is 647 g/mol. The van der Waals surface area contributed by atoms with Gasteiger partial charge in [0.25, 0.3) is 5.91 Å². The third kappa shape index (κ3) is 11.7. The molecule has 1 heterocycles. The topological polar surface area (TPSA) is 80.3 Å². The molecule has 5 rings (SSSR count). The number of anilines is 1. The van der Waals surface area contributed by atoms with Gasteiger partial charge in [0.05, 0.1) is 5.52 Å². The molecule has 0 spiro atoms. The van der Waals surface area contributed by atoms with Crippen molar-refractivity contribution in [1.82, 2.24) is 10.3 Å².